The third kappa shape index (κ3) is 5.78. The molecule has 0 atom stereocenters. The zero-order valence-electron chi connectivity index (χ0n) is 15.4. The molecule has 0 N–H and O–H groups in total. The molecule has 0 radical (unpaired) electrons. The topological polar surface area (TPSA) is 40.1 Å². The maximum Gasteiger partial charge on any atom is 0.166 e. The largest absolute Gasteiger partial charge is 0.550 e. The smallest absolute Gasteiger partial charge is 0.166 e. The van der Waals surface area contributed by atoms with Gasteiger partial charge < -0.3 is 9.90 Å². The molecular formula is C23H24O2S. The van der Waals surface area contributed by atoms with Gasteiger partial charge in [-0.2, -0.15) is 0 Å². The van der Waals surface area contributed by atoms with Gasteiger partial charge in [0.1, 0.15) is 0 Å². The molecule has 0 saturated heterocycles. The van der Waals surface area contributed by atoms with Crippen LogP contribution in [0.15, 0.2) is 93.5 Å². The maximum absolute atomic E-state index is 9.26. The number of aryl methyl sites for hydroxylation is 2. The van der Waals surface area contributed by atoms with Gasteiger partial charge in [-0.05, 0) is 56.7 Å². The normalized spacial score (nSPS) is 10.2. The minimum Gasteiger partial charge on any atom is -0.550 e. The summed E-state index contributed by atoms with van der Waals surface area (Å²) in [6.07, 6.45) is 0.111. The van der Waals surface area contributed by atoms with Crippen molar-refractivity contribution < 1.29 is 9.90 Å². The molecule has 2 nitrogen and oxygen atoms in total. The van der Waals surface area contributed by atoms with Crippen LogP contribution in [-0.4, -0.2) is 5.97 Å². The Morgan fingerprint density at radius 3 is 1.42 bits per heavy atom. The Hall–Kier alpha value is -2.52. The Morgan fingerprint density at radius 1 is 0.731 bits per heavy atom. The highest BCUT2D eigenvalue weighted by molar-refractivity contribution is 7.97. The van der Waals surface area contributed by atoms with Crippen LogP contribution in [0.5, 0.6) is 0 Å². The van der Waals surface area contributed by atoms with Gasteiger partial charge in [0.05, 0.1) is 10.9 Å². The molecule has 3 rings (SSSR count). The molecule has 0 amide bonds. The molecule has 0 spiro atoms. The zero-order valence-corrected chi connectivity index (χ0v) is 16.3. The number of carboxylic acids is 1. The molecule has 0 fully saturated rings. The quantitative estimate of drug-likeness (QED) is 0.638. The van der Waals surface area contributed by atoms with E-state index in [4.69, 9.17) is 0 Å². The van der Waals surface area contributed by atoms with E-state index in [9.17, 15) is 9.90 Å². The molecule has 3 aromatic carbocycles. The monoisotopic (exact) mass is 364 g/mol. The summed E-state index contributed by atoms with van der Waals surface area (Å²) in [5, 5.41) is 9.26. The summed E-state index contributed by atoms with van der Waals surface area (Å²) in [7, 11) is -0.0312. The first-order valence-electron chi connectivity index (χ1n) is 8.63. The zero-order chi connectivity index (χ0) is 18.9. The van der Waals surface area contributed by atoms with Crippen molar-refractivity contribution in [3.05, 3.63) is 90.0 Å². The van der Waals surface area contributed by atoms with E-state index in [1.54, 1.807) is 0 Å². The van der Waals surface area contributed by atoms with Crippen LogP contribution >= 0.6 is 0 Å². The van der Waals surface area contributed by atoms with Crippen molar-refractivity contribution in [1.82, 2.24) is 0 Å². The summed E-state index contributed by atoms with van der Waals surface area (Å²) < 4.78 is 0. The second-order valence-corrected chi connectivity index (χ2v) is 8.00. The lowest BCUT2D eigenvalue weighted by molar-refractivity contribution is -0.305. The first-order chi connectivity index (χ1) is 12.5. The van der Waals surface area contributed by atoms with E-state index in [2.05, 4.69) is 92.7 Å². The standard InChI is InChI=1S/C20H19S.C3H6O2/c1-16-8-12-19(13-9-16)21(18-6-4-3-5-7-18)20-14-10-17(2)11-15-20;1-2-3(4)5/h3-15H,1-2H3;2H2,1H3,(H,4,5)/q+1;/p-1. The molecule has 0 bridgehead atoms. The van der Waals surface area contributed by atoms with Gasteiger partial charge >= 0.3 is 0 Å². The van der Waals surface area contributed by atoms with E-state index in [0.717, 1.165) is 0 Å². The summed E-state index contributed by atoms with van der Waals surface area (Å²) in [6, 6.07) is 28.6. The van der Waals surface area contributed by atoms with Crippen molar-refractivity contribution in [2.45, 2.75) is 41.9 Å². The van der Waals surface area contributed by atoms with Crippen LogP contribution in [-0.2, 0) is 15.7 Å². The third-order valence-electron chi connectivity index (χ3n) is 3.78. The number of rotatable bonds is 4. The van der Waals surface area contributed by atoms with Crippen LogP contribution in [0.1, 0.15) is 24.5 Å². The Balaban J connectivity index is 0.000000431. The van der Waals surface area contributed by atoms with Gasteiger partial charge in [-0.15, -0.1) is 0 Å². The summed E-state index contributed by atoms with van der Waals surface area (Å²) in [6.45, 7) is 5.81. The molecule has 0 aliphatic heterocycles. The number of hydrogen-bond donors (Lipinski definition) is 0. The summed E-state index contributed by atoms with van der Waals surface area (Å²) in [4.78, 5) is 13.4. The minimum absolute atomic E-state index is 0.0312. The van der Waals surface area contributed by atoms with Crippen LogP contribution < -0.4 is 5.11 Å². The molecule has 0 aliphatic carbocycles. The lowest BCUT2D eigenvalue weighted by Crippen LogP contribution is -2.19. The molecular weight excluding hydrogens is 340 g/mol. The minimum atomic E-state index is -0.995. The van der Waals surface area contributed by atoms with Gasteiger partial charge in [0.2, 0.25) is 0 Å². The van der Waals surface area contributed by atoms with Gasteiger partial charge in [-0.25, -0.2) is 0 Å². The Morgan fingerprint density at radius 2 is 1.08 bits per heavy atom. The molecule has 0 unspecified atom stereocenters. The summed E-state index contributed by atoms with van der Waals surface area (Å²) >= 11 is 0. The van der Waals surface area contributed by atoms with Crippen molar-refractivity contribution in [3.8, 4) is 0 Å². The van der Waals surface area contributed by atoms with E-state index in [-0.39, 0.29) is 17.3 Å². The Labute approximate surface area is 158 Å². The summed E-state index contributed by atoms with van der Waals surface area (Å²) in [5.74, 6) is -0.995. The molecule has 0 saturated carbocycles. The summed E-state index contributed by atoms with van der Waals surface area (Å²) in [5.41, 5.74) is 2.61. The van der Waals surface area contributed by atoms with Crippen molar-refractivity contribution in [1.29, 1.82) is 0 Å². The second kappa shape index (κ2) is 9.83. The van der Waals surface area contributed by atoms with E-state index in [1.165, 1.54) is 32.7 Å². The predicted molar refractivity (Wildman–Crippen MR) is 106 cm³/mol. The number of carbonyl (C=O) groups excluding carboxylic acids is 1. The van der Waals surface area contributed by atoms with Gasteiger partial charge in [0.25, 0.3) is 0 Å². The van der Waals surface area contributed by atoms with Crippen molar-refractivity contribution >= 4 is 16.9 Å². The Kier molecular flexibility index (Phi) is 7.49. The second-order valence-electron chi connectivity index (χ2n) is 5.97. The van der Waals surface area contributed by atoms with E-state index in [1.807, 2.05) is 0 Å². The highest BCUT2D eigenvalue weighted by Gasteiger charge is 2.27. The lowest BCUT2D eigenvalue weighted by atomic mass is 10.2. The first kappa shape index (κ1) is 19.8. The van der Waals surface area contributed by atoms with Gasteiger partial charge in [0, 0.05) is 5.97 Å². The lowest BCUT2D eigenvalue weighted by Gasteiger charge is -2.08. The molecule has 3 heteroatoms. The van der Waals surface area contributed by atoms with E-state index < -0.39 is 5.97 Å². The molecule has 0 aliphatic rings. The Bertz CT molecular complexity index is 764. The molecule has 26 heavy (non-hydrogen) atoms. The maximum atomic E-state index is 9.26. The van der Waals surface area contributed by atoms with Crippen LogP contribution in [0.4, 0.5) is 0 Å². The van der Waals surface area contributed by atoms with Crippen LogP contribution in [0.3, 0.4) is 0 Å². The highest BCUT2D eigenvalue weighted by atomic mass is 32.2. The van der Waals surface area contributed by atoms with Gasteiger partial charge in [-0.3, -0.25) is 0 Å². The van der Waals surface area contributed by atoms with Crippen LogP contribution in [0.2, 0.25) is 0 Å². The number of hydrogen-bond acceptors (Lipinski definition) is 2. The van der Waals surface area contributed by atoms with Gasteiger partial charge in [0.15, 0.2) is 14.7 Å². The number of benzene rings is 3. The fourth-order valence-corrected chi connectivity index (χ4v) is 4.38. The van der Waals surface area contributed by atoms with Crippen LogP contribution in [0.25, 0.3) is 0 Å². The molecule has 3 aromatic rings. The number of carbonyl (C=O) groups is 1. The fraction of sp³-hybridized carbons (Fsp3) is 0.174. The predicted octanol–water partition coefficient (Wildman–Crippen LogP) is 4.55. The average Bonchev–Trinajstić information content (AvgIpc) is 2.66. The third-order valence-corrected chi connectivity index (χ3v) is 6.01. The molecule has 0 aromatic heterocycles. The van der Waals surface area contributed by atoms with Crippen molar-refractivity contribution in [3.63, 3.8) is 0 Å². The number of aliphatic carboxylic acids is 1. The molecule has 0 heterocycles. The fourth-order valence-electron chi connectivity index (χ4n) is 2.31. The average molecular weight is 365 g/mol. The van der Waals surface area contributed by atoms with Gasteiger partial charge in [-0.1, -0.05) is 60.5 Å². The SMILES string of the molecule is CCC(=O)[O-].Cc1ccc([S+](c2ccccc2)c2ccc(C)cc2)cc1. The van der Waals surface area contributed by atoms with Crippen molar-refractivity contribution in [2.75, 3.05) is 0 Å². The van der Waals surface area contributed by atoms with E-state index in [0.29, 0.717) is 0 Å². The number of carboxylic acid groups (broad SMARTS) is 1. The van der Waals surface area contributed by atoms with E-state index >= 15 is 0 Å². The van der Waals surface area contributed by atoms with Crippen molar-refractivity contribution in [2.24, 2.45) is 0 Å². The molecule has 134 valence electrons. The first-order valence-corrected chi connectivity index (χ1v) is 9.86. The van der Waals surface area contributed by atoms with Crippen LogP contribution in [0, 0.1) is 13.8 Å². The highest BCUT2D eigenvalue weighted by Crippen LogP contribution is 2.31.